The van der Waals surface area contributed by atoms with Crippen molar-refractivity contribution in [3.63, 3.8) is 0 Å². The summed E-state index contributed by atoms with van der Waals surface area (Å²) in [5.74, 6) is 0.0945. The van der Waals surface area contributed by atoms with E-state index in [0.29, 0.717) is 11.6 Å². The van der Waals surface area contributed by atoms with Gasteiger partial charge in [-0.25, -0.2) is 0 Å². The number of amides is 1. The van der Waals surface area contributed by atoms with Gasteiger partial charge in [-0.2, -0.15) is 0 Å². The van der Waals surface area contributed by atoms with Crippen molar-refractivity contribution in [2.24, 2.45) is 11.1 Å². The van der Waals surface area contributed by atoms with E-state index in [1.165, 1.54) is 0 Å². The molecule has 1 saturated carbocycles. The van der Waals surface area contributed by atoms with Gasteiger partial charge in [-0.15, -0.1) is 0 Å². The van der Waals surface area contributed by atoms with Crippen LogP contribution in [0.5, 0.6) is 0 Å². The molecule has 0 radical (unpaired) electrons. The van der Waals surface area contributed by atoms with E-state index >= 15 is 0 Å². The van der Waals surface area contributed by atoms with Crippen molar-refractivity contribution in [2.45, 2.75) is 38.3 Å². The standard InChI is InChI=1S/C14H17ClN2O/c1-8(16)13(2)7-14(13)11-5-10(15)4-3-9(11)6-17-12(14)18/h3-5,8H,6-7,16H2,1-2H3,(H,17,18). The predicted molar refractivity (Wildman–Crippen MR) is 71.4 cm³/mol. The first-order chi connectivity index (χ1) is 8.42. The van der Waals surface area contributed by atoms with E-state index in [1.807, 2.05) is 25.1 Å². The van der Waals surface area contributed by atoms with Crippen LogP contribution >= 0.6 is 11.6 Å². The fourth-order valence-corrected chi connectivity index (χ4v) is 3.52. The van der Waals surface area contributed by atoms with Crippen molar-refractivity contribution in [2.75, 3.05) is 0 Å². The number of fused-ring (bicyclic) bond motifs is 2. The Morgan fingerprint density at radius 2 is 2.22 bits per heavy atom. The molecule has 1 heterocycles. The van der Waals surface area contributed by atoms with Gasteiger partial charge in [0.15, 0.2) is 0 Å². The normalized spacial score (nSPS) is 35.0. The molecule has 3 rings (SSSR count). The van der Waals surface area contributed by atoms with Gasteiger partial charge in [0.2, 0.25) is 5.91 Å². The van der Waals surface area contributed by atoms with Gasteiger partial charge in [-0.1, -0.05) is 24.6 Å². The second-order valence-corrected chi connectivity index (χ2v) is 6.21. The lowest BCUT2D eigenvalue weighted by Gasteiger charge is -2.31. The Hall–Kier alpha value is -1.06. The summed E-state index contributed by atoms with van der Waals surface area (Å²) in [4.78, 5) is 12.4. The molecule has 1 aliphatic carbocycles. The van der Waals surface area contributed by atoms with Crippen LogP contribution < -0.4 is 11.1 Å². The first-order valence-corrected chi connectivity index (χ1v) is 6.62. The van der Waals surface area contributed by atoms with Crippen molar-refractivity contribution >= 4 is 17.5 Å². The van der Waals surface area contributed by atoms with Crippen LogP contribution in [0.3, 0.4) is 0 Å². The van der Waals surface area contributed by atoms with Gasteiger partial charge in [0, 0.05) is 23.0 Å². The topological polar surface area (TPSA) is 55.1 Å². The quantitative estimate of drug-likeness (QED) is 0.815. The molecule has 3 atom stereocenters. The Balaban J connectivity index is 2.18. The zero-order chi connectivity index (χ0) is 13.1. The lowest BCUT2D eigenvalue weighted by Crippen LogP contribution is -2.46. The largest absolute Gasteiger partial charge is 0.351 e. The molecule has 18 heavy (non-hydrogen) atoms. The minimum Gasteiger partial charge on any atom is -0.351 e. The number of benzene rings is 1. The van der Waals surface area contributed by atoms with Gasteiger partial charge < -0.3 is 11.1 Å². The molecule has 3 N–H and O–H groups in total. The van der Waals surface area contributed by atoms with Crippen LogP contribution in [0.25, 0.3) is 0 Å². The van der Waals surface area contributed by atoms with Crippen molar-refractivity contribution in [3.05, 3.63) is 34.3 Å². The van der Waals surface area contributed by atoms with Crippen molar-refractivity contribution in [1.29, 1.82) is 0 Å². The van der Waals surface area contributed by atoms with Crippen LogP contribution in [-0.4, -0.2) is 11.9 Å². The Bertz CT molecular complexity index is 543. The molecule has 3 unspecified atom stereocenters. The van der Waals surface area contributed by atoms with Gasteiger partial charge in [0.25, 0.3) is 0 Å². The average Bonchev–Trinajstić information content (AvgIpc) is 2.95. The molecule has 96 valence electrons. The van der Waals surface area contributed by atoms with E-state index in [0.717, 1.165) is 17.5 Å². The summed E-state index contributed by atoms with van der Waals surface area (Å²) in [6.07, 6.45) is 0.802. The molecule has 1 aliphatic heterocycles. The lowest BCUT2D eigenvalue weighted by atomic mass is 9.78. The molecular formula is C14H17ClN2O. The molecule has 1 amide bonds. The fourth-order valence-electron chi connectivity index (χ4n) is 3.35. The number of halogens is 1. The molecule has 1 aromatic rings. The van der Waals surface area contributed by atoms with Gasteiger partial charge in [0.05, 0.1) is 5.41 Å². The molecule has 1 fully saturated rings. The van der Waals surface area contributed by atoms with Crippen LogP contribution in [0, 0.1) is 5.41 Å². The number of nitrogens with one attached hydrogen (secondary N) is 1. The summed E-state index contributed by atoms with van der Waals surface area (Å²) in [6.45, 7) is 4.65. The average molecular weight is 265 g/mol. The fraction of sp³-hybridized carbons (Fsp3) is 0.500. The minimum absolute atomic E-state index is 0.0202. The number of rotatable bonds is 1. The zero-order valence-electron chi connectivity index (χ0n) is 10.6. The van der Waals surface area contributed by atoms with E-state index in [4.69, 9.17) is 17.3 Å². The minimum atomic E-state index is -0.473. The van der Waals surface area contributed by atoms with Crippen molar-refractivity contribution in [3.8, 4) is 0 Å². The Morgan fingerprint density at radius 3 is 2.83 bits per heavy atom. The van der Waals surface area contributed by atoms with Crippen LogP contribution in [-0.2, 0) is 16.8 Å². The summed E-state index contributed by atoms with van der Waals surface area (Å²) in [7, 11) is 0. The van der Waals surface area contributed by atoms with Gasteiger partial charge >= 0.3 is 0 Å². The molecule has 4 heteroatoms. The van der Waals surface area contributed by atoms with Crippen molar-refractivity contribution in [1.82, 2.24) is 5.32 Å². The summed E-state index contributed by atoms with van der Waals surface area (Å²) >= 11 is 6.09. The lowest BCUT2D eigenvalue weighted by molar-refractivity contribution is -0.125. The molecule has 0 aromatic heterocycles. The second-order valence-electron chi connectivity index (χ2n) is 5.77. The number of hydrogen-bond acceptors (Lipinski definition) is 2. The summed E-state index contributed by atoms with van der Waals surface area (Å²) in [5.41, 5.74) is 7.66. The van der Waals surface area contributed by atoms with Gasteiger partial charge in [-0.05, 0) is 36.6 Å². The Morgan fingerprint density at radius 1 is 1.50 bits per heavy atom. The first-order valence-electron chi connectivity index (χ1n) is 6.24. The SMILES string of the molecule is CC(N)C1(C)CC12C(=O)NCc1ccc(Cl)cc12. The van der Waals surface area contributed by atoms with Crippen LogP contribution in [0.15, 0.2) is 18.2 Å². The highest BCUT2D eigenvalue weighted by Gasteiger charge is 2.72. The molecule has 3 nitrogen and oxygen atoms in total. The molecular weight excluding hydrogens is 248 g/mol. The molecule has 1 spiro atoms. The first kappa shape index (κ1) is 12.0. The third-order valence-corrected chi connectivity index (χ3v) is 5.08. The maximum atomic E-state index is 12.4. The molecule has 2 aliphatic rings. The number of hydrogen-bond donors (Lipinski definition) is 2. The van der Waals surface area contributed by atoms with Crippen LogP contribution in [0.2, 0.25) is 5.02 Å². The van der Waals surface area contributed by atoms with E-state index in [2.05, 4.69) is 12.2 Å². The number of nitrogens with two attached hydrogens (primary N) is 1. The number of carbonyl (C=O) groups is 1. The highest BCUT2D eigenvalue weighted by Crippen LogP contribution is 2.67. The number of carbonyl (C=O) groups excluding carboxylic acids is 1. The molecule has 1 aromatic carbocycles. The summed E-state index contributed by atoms with van der Waals surface area (Å²) in [6, 6.07) is 5.78. The Labute approximate surface area is 112 Å². The van der Waals surface area contributed by atoms with E-state index < -0.39 is 5.41 Å². The third-order valence-electron chi connectivity index (χ3n) is 4.85. The van der Waals surface area contributed by atoms with E-state index in [-0.39, 0.29) is 17.4 Å². The third kappa shape index (κ3) is 1.26. The van der Waals surface area contributed by atoms with E-state index in [9.17, 15) is 4.79 Å². The van der Waals surface area contributed by atoms with Crippen molar-refractivity contribution < 1.29 is 4.79 Å². The predicted octanol–water partition coefficient (Wildman–Crippen LogP) is 1.96. The zero-order valence-corrected chi connectivity index (χ0v) is 11.3. The maximum Gasteiger partial charge on any atom is 0.231 e. The van der Waals surface area contributed by atoms with Crippen LogP contribution in [0.1, 0.15) is 31.4 Å². The Kier molecular flexibility index (Phi) is 2.32. The molecule has 0 saturated heterocycles. The summed E-state index contributed by atoms with van der Waals surface area (Å²) < 4.78 is 0. The van der Waals surface area contributed by atoms with E-state index in [1.54, 1.807) is 0 Å². The smallest absolute Gasteiger partial charge is 0.231 e. The maximum absolute atomic E-state index is 12.4. The highest BCUT2D eigenvalue weighted by atomic mass is 35.5. The van der Waals surface area contributed by atoms with Crippen LogP contribution in [0.4, 0.5) is 0 Å². The van der Waals surface area contributed by atoms with Gasteiger partial charge in [0.1, 0.15) is 0 Å². The molecule has 0 bridgehead atoms. The second kappa shape index (κ2) is 3.49. The van der Waals surface area contributed by atoms with Gasteiger partial charge in [-0.3, -0.25) is 4.79 Å². The monoisotopic (exact) mass is 264 g/mol. The summed E-state index contributed by atoms with van der Waals surface area (Å²) in [5, 5.41) is 3.67. The highest BCUT2D eigenvalue weighted by molar-refractivity contribution is 6.30.